The van der Waals surface area contributed by atoms with Gasteiger partial charge in [-0.25, -0.2) is 4.98 Å². The molecule has 0 spiro atoms. The minimum Gasteiger partial charge on any atom is -0.324 e. The third kappa shape index (κ3) is 1.26. The fraction of sp³-hybridized carbons (Fsp3) is 0.250. The van der Waals surface area contributed by atoms with Crippen LogP contribution in [0.5, 0.6) is 0 Å². The lowest BCUT2D eigenvalue weighted by molar-refractivity contribution is 0.915. The normalized spacial score (nSPS) is 10.9. The summed E-state index contributed by atoms with van der Waals surface area (Å²) in [6, 6.07) is 0. The molecule has 13 heavy (non-hydrogen) atoms. The highest BCUT2D eigenvalue weighted by molar-refractivity contribution is 7.16. The van der Waals surface area contributed by atoms with Crippen LogP contribution in [-0.4, -0.2) is 9.97 Å². The van der Waals surface area contributed by atoms with Crippen LogP contribution in [0.15, 0.2) is 10.2 Å². The molecule has 2 rings (SSSR count). The average Bonchev–Trinajstić information content (AvgIpc) is 2.48. The fourth-order valence-corrected chi connectivity index (χ4v) is 2.17. The number of nitrogens with zero attached hydrogens (tertiary/aromatic N) is 1. The maximum atomic E-state index is 11.5. The van der Waals surface area contributed by atoms with Crippen LogP contribution in [0.4, 0.5) is 0 Å². The van der Waals surface area contributed by atoms with E-state index in [0.717, 1.165) is 10.4 Å². The zero-order valence-electron chi connectivity index (χ0n) is 7.13. The molecule has 0 radical (unpaired) electrons. The van der Waals surface area contributed by atoms with E-state index in [1.165, 1.54) is 11.3 Å². The average molecular weight is 195 g/mol. The van der Waals surface area contributed by atoms with Gasteiger partial charge >= 0.3 is 0 Å². The zero-order valence-corrected chi connectivity index (χ0v) is 7.94. The Balaban J connectivity index is 2.87. The van der Waals surface area contributed by atoms with Gasteiger partial charge in [0.2, 0.25) is 0 Å². The number of aromatic nitrogens is 2. The molecule has 0 aliphatic carbocycles. The summed E-state index contributed by atoms with van der Waals surface area (Å²) in [5.74, 6) is 0.541. The molecule has 68 valence electrons. The Bertz CT molecular complexity index is 500. The lowest BCUT2D eigenvalue weighted by atomic mass is 10.3. The SMILES string of the molecule is Cc1csc2nc(CN)[nH]c(=O)c12. The Labute approximate surface area is 78.4 Å². The van der Waals surface area contributed by atoms with E-state index in [2.05, 4.69) is 9.97 Å². The van der Waals surface area contributed by atoms with Crippen LogP contribution in [0.2, 0.25) is 0 Å². The van der Waals surface area contributed by atoms with Gasteiger partial charge in [-0.05, 0) is 17.9 Å². The smallest absolute Gasteiger partial charge is 0.259 e. The van der Waals surface area contributed by atoms with Gasteiger partial charge in [0.25, 0.3) is 5.56 Å². The summed E-state index contributed by atoms with van der Waals surface area (Å²) in [5, 5.41) is 2.61. The van der Waals surface area contributed by atoms with Crippen molar-refractivity contribution in [3.05, 3.63) is 27.1 Å². The van der Waals surface area contributed by atoms with E-state index >= 15 is 0 Å². The van der Waals surface area contributed by atoms with Crippen molar-refractivity contribution in [2.45, 2.75) is 13.5 Å². The van der Waals surface area contributed by atoms with Crippen LogP contribution in [0.1, 0.15) is 11.4 Å². The lowest BCUT2D eigenvalue weighted by Gasteiger charge is -1.95. The van der Waals surface area contributed by atoms with Crippen molar-refractivity contribution in [3.8, 4) is 0 Å². The van der Waals surface area contributed by atoms with E-state index in [1.54, 1.807) is 0 Å². The molecule has 2 aromatic rings. The summed E-state index contributed by atoms with van der Waals surface area (Å²) in [4.78, 5) is 19.1. The fourth-order valence-electron chi connectivity index (χ4n) is 1.23. The van der Waals surface area contributed by atoms with Gasteiger partial charge in [0.1, 0.15) is 10.7 Å². The Hall–Kier alpha value is -1.20. The molecule has 5 heteroatoms. The van der Waals surface area contributed by atoms with Crippen LogP contribution in [0.25, 0.3) is 10.2 Å². The molecule has 0 aromatic carbocycles. The molecule has 3 N–H and O–H groups in total. The van der Waals surface area contributed by atoms with E-state index in [4.69, 9.17) is 5.73 Å². The number of aryl methyl sites for hydroxylation is 1. The van der Waals surface area contributed by atoms with E-state index in [-0.39, 0.29) is 12.1 Å². The summed E-state index contributed by atoms with van der Waals surface area (Å²) in [7, 11) is 0. The molecule has 0 atom stereocenters. The highest BCUT2D eigenvalue weighted by Crippen LogP contribution is 2.19. The van der Waals surface area contributed by atoms with Gasteiger partial charge in [-0.2, -0.15) is 0 Å². The number of aromatic amines is 1. The van der Waals surface area contributed by atoms with Gasteiger partial charge in [-0.1, -0.05) is 0 Å². The number of rotatable bonds is 1. The molecule has 0 saturated heterocycles. The Kier molecular flexibility index (Phi) is 1.90. The highest BCUT2D eigenvalue weighted by Gasteiger charge is 2.06. The quantitative estimate of drug-likeness (QED) is 0.705. The first-order valence-corrected chi connectivity index (χ1v) is 4.77. The van der Waals surface area contributed by atoms with Gasteiger partial charge in [-0.15, -0.1) is 11.3 Å². The van der Waals surface area contributed by atoms with Gasteiger partial charge in [-0.3, -0.25) is 4.79 Å². The minimum atomic E-state index is -0.0933. The predicted octanol–water partition coefficient (Wildman–Crippen LogP) is 0.752. The van der Waals surface area contributed by atoms with Crippen molar-refractivity contribution in [1.29, 1.82) is 0 Å². The molecular weight excluding hydrogens is 186 g/mol. The third-order valence-electron chi connectivity index (χ3n) is 1.87. The van der Waals surface area contributed by atoms with Crippen LogP contribution in [0, 0.1) is 6.92 Å². The van der Waals surface area contributed by atoms with Crippen LogP contribution < -0.4 is 11.3 Å². The van der Waals surface area contributed by atoms with Gasteiger partial charge in [0.05, 0.1) is 11.9 Å². The largest absolute Gasteiger partial charge is 0.324 e. The van der Waals surface area contributed by atoms with Gasteiger partial charge in [0, 0.05) is 0 Å². The number of thiophene rings is 1. The molecule has 0 fully saturated rings. The third-order valence-corrected chi connectivity index (χ3v) is 2.86. The topological polar surface area (TPSA) is 71.8 Å². The minimum absolute atomic E-state index is 0.0933. The Morgan fingerprint density at radius 1 is 1.69 bits per heavy atom. The van der Waals surface area contributed by atoms with Gasteiger partial charge < -0.3 is 10.7 Å². The molecular formula is C8H9N3OS. The van der Waals surface area contributed by atoms with Crippen molar-refractivity contribution in [2.75, 3.05) is 0 Å². The number of H-pyrrole nitrogens is 1. The number of hydrogen-bond donors (Lipinski definition) is 2. The second kappa shape index (κ2) is 2.93. The maximum Gasteiger partial charge on any atom is 0.259 e. The number of nitrogens with two attached hydrogens (primary N) is 1. The molecule has 0 aliphatic heterocycles. The number of hydrogen-bond acceptors (Lipinski definition) is 4. The molecule has 0 amide bonds. The molecule has 0 unspecified atom stereocenters. The van der Waals surface area contributed by atoms with Crippen molar-refractivity contribution in [1.82, 2.24) is 9.97 Å². The summed E-state index contributed by atoms with van der Waals surface area (Å²) in [6.07, 6.45) is 0. The summed E-state index contributed by atoms with van der Waals surface area (Å²) >= 11 is 1.47. The first-order valence-electron chi connectivity index (χ1n) is 3.89. The lowest BCUT2D eigenvalue weighted by Crippen LogP contribution is -2.13. The van der Waals surface area contributed by atoms with Crippen molar-refractivity contribution >= 4 is 21.6 Å². The molecule has 0 bridgehead atoms. The van der Waals surface area contributed by atoms with E-state index < -0.39 is 0 Å². The van der Waals surface area contributed by atoms with Crippen LogP contribution >= 0.6 is 11.3 Å². The van der Waals surface area contributed by atoms with Crippen molar-refractivity contribution in [2.24, 2.45) is 5.73 Å². The molecule has 4 nitrogen and oxygen atoms in total. The number of nitrogens with one attached hydrogen (secondary N) is 1. The highest BCUT2D eigenvalue weighted by atomic mass is 32.1. The summed E-state index contributed by atoms with van der Waals surface area (Å²) in [5.41, 5.74) is 6.26. The Morgan fingerprint density at radius 3 is 3.15 bits per heavy atom. The van der Waals surface area contributed by atoms with Crippen molar-refractivity contribution < 1.29 is 0 Å². The maximum absolute atomic E-state index is 11.5. The molecule has 0 aliphatic rings. The molecule has 2 heterocycles. The van der Waals surface area contributed by atoms with Crippen LogP contribution in [0.3, 0.4) is 0 Å². The van der Waals surface area contributed by atoms with E-state index in [9.17, 15) is 4.79 Å². The zero-order chi connectivity index (χ0) is 9.42. The predicted molar refractivity (Wildman–Crippen MR) is 52.9 cm³/mol. The summed E-state index contributed by atoms with van der Waals surface area (Å²) < 4.78 is 0. The van der Waals surface area contributed by atoms with E-state index in [1.807, 2.05) is 12.3 Å². The first kappa shape index (κ1) is 8.40. The summed E-state index contributed by atoms with van der Waals surface area (Å²) in [6.45, 7) is 2.17. The van der Waals surface area contributed by atoms with Crippen LogP contribution in [-0.2, 0) is 6.54 Å². The van der Waals surface area contributed by atoms with Gasteiger partial charge in [0.15, 0.2) is 0 Å². The second-order valence-electron chi connectivity index (χ2n) is 2.82. The second-order valence-corrected chi connectivity index (χ2v) is 3.67. The number of fused-ring (bicyclic) bond motifs is 1. The first-order chi connectivity index (χ1) is 6.22. The monoisotopic (exact) mass is 195 g/mol. The van der Waals surface area contributed by atoms with E-state index in [0.29, 0.717) is 11.2 Å². The standard InChI is InChI=1S/C8H9N3OS/c1-4-3-13-8-6(4)7(12)10-5(2-9)11-8/h3H,2,9H2,1H3,(H,10,11,12). The molecule has 2 aromatic heterocycles. The molecule has 0 saturated carbocycles. The van der Waals surface area contributed by atoms with Crippen molar-refractivity contribution in [3.63, 3.8) is 0 Å². The Morgan fingerprint density at radius 2 is 2.46 bits per heavy atom.